The van der Waals surface area contributed by atoms with Crippen molar-refractivity contribution < 1.29 is 14.6 Å². The Morgan fingerprint density at radius 3 is 2.67 bits per heavy atom. The lowest BCUT2D eigenvalue weighted by Crippen LogP contribution is -2.51. The second kappa shape index (κ2) is 7.09. The van der Waals surface area contributed by atoms with Gasteiger partial charge in [-0.3, -0.25) is 4.79 Å². The van der Waals surface area contributed by atoms with Crippen molar-refractivity contribution in [1.82, 2.24) is 5.32 Å². The molecule has 0 aromatic carbocycles. The topological polar surface area (TPSA) is 58.6 Å². The summed E-state index contributed by atoms with van der Waals surface area (Å²) < 4.78 is 4.87. The Bertz CT molecular complexity index is 195. The molecule has 5 heteroatoms. The molecular formula is C10H21NO3S. The normalized spacial score (nSPS) is 13.7. The van der Waals surface area contributed by atoms with Crippen LogP contribution in [-0.4, -0.2) is 47.9 Å². The zero-order valence-corrected chi connectivity index (χ0v) is 10.7. The van der Waals surface area contributed by atoms with Crippen molar-refractivity contribution in [3.63, 3.8) is 0 Å². The van der Waals surface area contributed by atoms with E-state index in [1.165, 1.54) is 11.8 Å². The van der Waals surface area contributed by atoms with Gasteiger partial charge < -0.3 is 15.2 Å². The van der Waals surface area contributed by atoms with Crippen molar-refractivity contribution in [1.29, 1.82) is 0 Å². The van der Waals surface area contributed by atoms with Gasteiger partial charge in [-0.05, 0) is 20.8 Å². The minimum atomic E-state index is -0.571. The first kappa shape index (κ1) is 14.7. The van der Waals surface area contributed by atoms with Crippen molar-refractivity contribution >= 4 is 17.7 Å². The van der Waals surface area contributed by atoms with Crippen molar-refractivity contribution in [2.45, 2.75) is 32.4 Å². The second-order valence-corrected chi connectivity index (χ2v) is 5.10. The lowest BCUT2D eigenvalue weighted by molar-refractivity contribution is -0.121. The highest BCUT2D eigenvalue weighted by Gasteiger charge is 2.25. The molecule has 0 fully saturated rings. The van der Waals surface area contributed by atoms with Crippen LogP contribution < -0.4 is 5.32 Å². The summed E-state index contributed by atoms with van der Waals surface area (Å²) in [7, 11) is 1.64. The molecule has 0 aromatic heterocycles. The number of hydrogen-bond donors (Lipinski definition) is 2. The monoisotopic (exact) mass is 235 g/mol. The van der Waals surface area contributed by atoms with Crippen LogP contribution >= 0.6 is 11.8 Å². The average molecular weight is 235 g/mol. The lowest BCUT2D eigenvalue weighted by atomic mass is 9.99. The van der Waals surface area contributed by atoms with Crippen molar-refractivity contribution in [2.75, 3.05) is 25.2 Å². The quantitative estimate of drug-likeness (QED) is 0.636. The zero-order chi connectivity index (χ0) is 11.9. The van der Waals surface area contributed by atoms with Crippen LogP contribution in [0.1, 0.15) is 20.8 Å². The summed E-state index contributed by atoms with van der Waals surface area (Å²) in [5.74, 6) is 1.15. The summed E-state index contributed by atoms with van der Waals surface area (Å²) in [6.07, 6.45) is -0.564. The number of rotatable bonds is 7. The Morgan fingerprint density at radius 1 is 1.60 bits per heavy atom. The van der Waals surface area contributed by atoms with Crippen molar-refractivity contribution in [3.8, 4) is 0 Å². The molecule has 0 radical (unpaired) electrons. The van der Waals surface area contributed by atoms with Gasteiger partial charge in [-0.15, -0.1) is 11.8 Å². The molecule has 0 bridgehead atoms. The van der Waals surface area contributed by atoms with Crippen LogP contribution in [0.25, 0.3) is 0 Å². The van der Waals surface area contributed by atoms with Crippen LogP contribution in [0.5, 0.6) is 0 Å². The Morgan fingerprint density at radius 2 is 2.20 bits per heavy atom. The van der Waals surface area contributed by atoms with E-state index in [1.54, 1.807) is 27.9 Å². The molecule has 0 heterocycles. The van der Waals surface area contributed by atoms with E-state index in [0.717, 1.165) is 5.75 Å². The SMILES string of the molecule is COCCSCC(=O)NC(C)(C)C(C)O. The molecule has 0 aliphatic rings. The molecule has 1 amide bonds. The van der Waals surface area contributed by atoms with E-state index < -0.39 is 11.6 Å². The maximum atomic E-state index is 11.4. The third-order valence-corrected chi connectivity index (χ3v) is 3.09. The molecule has 1 atom stereocenters. The van der Waals surface area contributed by atoms with E-state index >= 15 is 0 Å². The fourth-order valence-corrected chi connectivity index (χ4v) is 1.49. The molecule has 0 aliphatic carbocycles. The number of methoxy groups -OCH3 is 1. The van der Waals surface area contributed by atoms with Crippen LogP contribution in [0.4, 0.5) is 0 Å². The van der Waals surface area contributed by atoms with Crippen LogP contribution in [0, 0.1) is 0 Å². The predicted octanol–water partition coefficient (Wildman–Crippen LogP) is 0.642. The van der Waals surface area contributed by atoms with Gasteiger partial charge in [0.15, 0.2) is 0 Å². The number of hydrogen-bond acceptors (Lipinski definition) is 4. The molecule has 0 rings (SSSR count). The number of ether oxygens (including phenoxy) is 1. The summed E-state index contributed by atoms with van der Waals surface area (Å²) >= 11 is 1.52. The third-order valence-electron chi connectivity index (χ3n) is 2.17. The Labute approximate surface area is 95.8 Å². The van der Waals surface area contributed by atoms with Gasteiger partial charge in [-0.25, -0.2) is 0 Å². The summed E-state index contributed by atoms with van der Waals surface area (Å²) in [5, 5.41) is 12.2. The van der Waals surface area contributed by atoms with Gasteiger partial charge in [0.05, 0.1) is 24.0 Å². The first-order chi connectivity index (χ1) is 6.90. The Kier molecular flexibility index (Phi) is 6.96. The smallest absolute Gasteiger partial charge is 0.230 e. The predicted molar refractivity (Wildman–Crippen MR) is 63.1 cm³/mol. The highest BCUT2D eigenvalue weighted by molar-refractivity contribution is 7.99. The summed E-state index contributed by atoms with van der Waals surface area (Å²) in [4.78, 5) is 11.4. The van der Waals surface area contributed by atoms with Gasteiger partial charge in [-0.1, -0.05) is 0 Å². The van der Waals surface area contributed by atoms with Gasteiger partial charge in [0.1, 0.15) is 0 Å². The summed E-state index contributed by atoms with van der Waals surface area (Å²) in [6, 6.07) is 0. The number of nitrogens with one attached hydrogen (secondary N) is 1. The molecule has 0 saturated carbocycles. The Hall–Kier alpha value is -0.260. The first-order valence-electron chi connectivity index (χ1n) is 4.96. The van der Waals surface area contributed by atoms with Crippen molar-refractivity contribution in [3.05, 3.63) is 0 Å². The maximum Gasteiger partial charge on any atom is 0.230 e. The van der Waals surface area contributed by atoms with E-state index in [0.29, 0.717) is 12.4 Å². The minimum absolute atomic E-state index is 0.0537. The van der Waals surface area contributed by atoms with Crippen molar-refractivity contribution in [2.24, 2.45) is 0 Å². The molecule has 0 saturated heterocycles. The van der Waals surface area contributed by atoms with Crippen LogP contribution in [0.2, 0.25) is 0 Å². The first-order valence-corrected chi connectivity index (χ1v) is 6.11. The number of aliphatic hydroxyl groups is 1. The molecule has 0 spiro atoms. The fraction of sp³-hybridized carbons (Fsp3) is 0.900. The summed E-state index contributed by atoms with van der Waals surface area (Å²) in [6.45, 7) is 5.92. The average Bonchev–Trinajstić information content (AvgIpc) is 2.11. The number of thioether (sulfide) groups is 1. The number of aliphatic hydroxyl groups excluding tert-OH is 1. The van der Waals surface area contributed by atoms with Gasteiger partial charge in [0.25, 0.3) is 0 Å². The second-order valence-electron chi connectivity index (χ2n) is 3.99. The van der Waals surface area contributed by atoms with E-state index in [-0.39, 0.29) is 5.91 Å². The molecule has 4 nitrogen and oxygen atoms in total. The molecule has 0 aliphatic heterocycles. The standard InChI is InChI=1S/C10H21NO3S/c1-8(12)10(2,3)11-9(13)7-15-6-5-14-4/h8,12H,5-7H2,1-4H3,(H,11,13). The summed E-state index contributed by atoms with van der Waals surface area (Å²) in [5.41, 5.74) is -0.571. The third kappa shape index (κ3) is 6.76. The van der Waals surface area contributed by atoms with Gasteiger partial charge in [0, 0.05) is 12.9 Å². The van der Waals surface area contributed by atoms with E-state index in [9.17, 15) is 9.90 Å². The van der Waals surface area contributed by atoms with E-state index in [1.807, 2.05) is 0 Å². The van der Waals surface area contributed by atoms with Gasteiger partial charge >= 0.3 is 0 Å². The van der Waals surface area contributed by atoms with E-state index in [2.05, 4.69) is 5.32 Å². The zero-order valence-electron chi connectivity index (χ0n) is 9.87. The highest BCUT2D eigenvalue weighted by atomic mass is 32.2. The number of carbonyl (C=O) groups excluding carboxylic acids is 1. The largest absolute Gasteiger partial charge is 0.391 e. The number of amides is 1. The van der Waals surface area contributed by atoms with Crippen LogP contribution in [0.3, 0.4) is 0 Å². The molecule has 1 unspecified atom stereocenters. The van der Waals surface area contributed by atoms with Gasteiger partial charge in [0.2, 0.25) is 5.91 Å². The van der Waals surface area contributed by atoms with E-state index in [4.69, 9.17) is 4.74 Å². The minimum Gasteiger partial charge on any atom is -0.391 e. The molecule has 15 heavy (non-hydrogen) atoms. The Balaban J connectivity index is 3.74. The number of carbonyl (C=O) groups is 1. The maximum absolute atomic E-state index is 11.4. The van der Waals surface area contributed by atoms with Crippen LogP contribution in [-0.2, 0) is 9.53 Å². The molecule has 90 valence electrons. The fourth-order valence-electron chi connectivity index (χ4n) is 0.807. The molecule has 2 N–H and O–H groups in total. The molecule has 0 aromatic rings. The molecular weight excluding hydrogens is 214 g/mol. The van der Waals surface area contributed by atoms with Gasteiger partial charge in [-0.2, -0.15) is 0 Å². The van der Waals surface area contributed by atoms with Crippen LogP contribution in [0.15, 0.2) is 0 Å². The highest BCUT2D eigenvalue weighted by Crippen LogP contribution is 2.09. The lowest BCUT2D eigenvalue weighted by Gasteiger charge is -2.29.